The van der Waals surface area contributed by atoms with Crippen molar-refractivity contribution in [3.63, 3.8) is 0 Å². The number of piperidine rings is 1. The standard InChI is InChI=1S/C22H33N3O/c1-3-4-5-21-23-9-6-20(24-21)17-7-10-25(11-8-17)19-14-22(15-19)12-18(13-22)16(2)26/h6,9,17-19H,3-5,7-8,10-15H2,1-2H3. The molecule has 0 aromatic carbocycles. The van der Waals surface area contributed by atoms with E-state index in [0.29, 0.717) is 23.0 Å². The molecule has 0 amide bonds. The summed E-state index contributed by atoms with van der Waals surface area (Å²) in [7, 11) is 0. The topological polar surface area (TPSA) is 46.1 Å². The molecule has 2 heterocycles. The Bertz CT molecular complexity index is 637. The molecule has 2 aliphatic carbocycles. The number of carbonyl (C=O) groups excluding carboxylic acids is 1. The molecule has 0 radical (unpaired) electrons. The number of unbranched alkanes of at least 4 members (excludes halogenated alkanes) is 1. The van der Waals surface area contributed by atoms with Crippen LogP contribution in [-0.2, 0) is 11.2 Å². The number of hydrogen-bond acceptors (Lipinski definition) is 4. The summed E-state index contributed by atoms with van der Waals surface area (Å²) in [6.45, 7) is 6.39. The second kappa shape index (κ2) is 7.38. The van der Waals surface area contributed by atoms with Gasteiger partial charge in [0, 0.05) is 36.2 Å². The van der Waals surface area contributed by atoms with Crippen LogP contribution in [0, 0.1) is 11.3 Å². The number of aryl methyl sites for hydroxylation is 1. The third kappa shape index (κ3) is 3.58. The van der Waals surface area contributed by atoms with Crippen LogP contribution in [0.5, 0.6) is 0 Å². The highest BCUT2D eigenvalue weighted by molar-refractivity contribution is 5.79. The first kappa shape index (κ1) is 18.1. The van der Waals surface area contributed by atoms with Gasteiger partial charge in [-0.15, -0.1) is 0 Å². The minimum Gasteiger partial charge on any atom is -0.300 e. The summed E-state index contributed by atoms with van der Waals surface area (Å²) in [4.78, 5) is 23.5. The molecule has 0 N–H and O–H groups in total. The van der Waals surface area contributed by atoms with Gasteiger partial charge in [-0.25, -0.2) is 9.97 Å². The Balaban J connectivity index is 1.25. The van der Waals surface area contributed by atoms with Crippen molar-refractivity contribution in [3.8, 4) is 0 Å². The second-order valence-corrected chi connectivity index (χ2v) is 9.09. The van der Waals surface area contributed by atoms with Crippen LogP contribution in [0.1, 0.15) is 82.7 Å². The molecular formula is C22H33N3O. The Labute approximate surface area is 157 Å². The van der Waals surface area contributed by atoms with Gasteiger partial charge in [0.2, 0.25) is 0 Å². The van der Waals surface area contributed by atoms with Gasteiger partial charge in [-0.1, -0.05) is 13.3 Å². The van der Waals surface area contributed by atoms with Gasteiger partial charge >= 0.3 is 0 Å². The Hall–Kier alpha value is -1.29. The molecule has 0 bridgehead atoms. The zero-order valence-corrected chi connectivity index (χ0v) is 16.4. The van der Waals surface area contributed by atoms with E-state index in [4.69, 9.17) is 4.98 Å². The van der Waals surface area contributed by atoms with Gasteiger partial charge in [0.25, 0.3) is 0 Å². The Morgan fingerprint density at radius 1 is 1.23 bits per heavy atom. The molecule has 4 rings (SSSR count). The average molecular weight is 356 g/mol. The molecule has 26 heavy (non-hydrogen) atoms. The zero-order valence-electron chi connectivity index (χ0n) is 16.4. The van der Waals surface area contributed by atoms with Crippen molar-refractivity contribution in [1.82, 2.24) is 14.9 Å². The Morgan fingerprint density at radius 3 is 2.62 bits per heavy atom. The third-order valence-corrected chi connectivity index (χ3v) is 7.22. The second-order valence-electron chi connectivity index (χ2n) is 9.09. The van der Waals surface area contributed by atoms with Crippen LogP contribution in [0.4, 0.5) is 0 Å². The number of rotatable bonds is 6. The molecule has 3 aliphatic rings. The monoisotopic (exact) mass is 355 g/mol. The number of nitrogens with zero attached hydrogens (tertiary/aromatic N) is 3. The van der Waals surface area contributed by atoms with E-state index in [9.17, 15) is 4.79 Å². The minimum atomic E-state index is 0.376. The molecule has 0 unspecified atom stereocenters. The van der Waals surface area contributed by atoms with Crippen LogP contribution in [0.2, 0.25) is 0 Å². The van der Waals surface area contributed by atoms with Crippen molar-refractivity contribution in [2.75, 3.05) is 13.1 Å². The molecule has 2 saturated carbocycles. The molecule has 1 spiro atoms. The van der Waals surface area contributed by atoms with Crippen LogP contribution in [0.25, 0.3) is 0 Å². The van der Waals surface area contributed by atoms with E-state index in [1.807, 2.05) is 6.20 Å². The van der Waals surface area contributed by atoms with Crippen LogP contribution in [0.3, 0.4) is 0 Å². The van der Waals surface area contributed by atoms with Gasteiger partial charge in [-0.05, 0) is 76.4 Å². The lowest BCUT2D eigenvalue weighted by Gasteiger charge is -2.60. The quantitative estimate of drug-likeness (QED) is 0.769. The molecule has 1 aromatic heterocycles. The van der Waals surface area contributed by atoms with Gasteiger partial charge in [0.15, 0.2) is 0 Å². The maximum atomic E-state index is 11.5. The summed E-state index contributed by atoms with van der Waals surface area (Å²) in [5, 5.41) is 0. The smallest absolute Gasteiger partial charge is 0.132 e. The van der Waals surface area contributed by atoms with E-state index in [1.165, 1.54) is 57.3 Å². The molecule has 0 atom stereocenters. The summed E-state index contributed by atoms with van der Waals surface area (Å²) in [5.74, 6) is 2.41. The zero-order chi connectivity index (χ0) is 18.1. The summed E-state index contributed by atoms with van der Waals surface area (Å²) in [6, 6.07) is 2.90. The first-order chi connectivity index (χ1) is 12.6. The van der Waals surface area contributed by atoms with Crippen molar-refractivity contribution in [2.45, 2.75) is 83.6 Å². The van der Waals surface area contributed by atoms with Gasteiger partial charge in [0.05, 0.1) is 0 Å². The van der Waals surface area contributed by atoms with E-state index in [1.54, 1.807) is 6.92 Å². The third-order valence-electron chi connectivity index (χ3n) is 7.22. The van der Waals surface area contributed by atoms with Crippen molar-refractivity contribution in [2.24, 2.45) is 11.3 Å². The fourth-order valence-electron chi connectivity index (χ4n) is 5.46. The maximum Gasteiger partial charge on any atom is 0.132 e. The normalized spacial score (nSPS) is 32.2. The van der Waals surface area contributed by atoms with E-state index in [-0.39, 0.29) is 0 Å². The largest absolute Gasteiger partial charge is 0.300 e. The van der Waals surface area contributed by atoms with Crippen molar-refractivity contribution < 1.29 is 4.79 Å². The van der Waals surface area contributed by atoms with Crippen LogP contribution in [-0.4, -0.2) is 39.8 Å². The number of aromatic nitrogens is 2. The summed E-state index contributed by atoms with van der Waals surface area (Å²) >= 11 is 0. The van der Waals surface area contributed by atoms with E-state index in [0.717, 1.165) is 31.1 Å². The van der Waals surface area contributed by atoms with Crippen LogP contribution in [0.15, 0.2) is 12.3 Å². The number of likely N-dealkylation sites (tertiary alicyclic amines) is 1. The Morgan fingerprint density at radius 2 is 1.96 bits per heavy atom. The molecule has 4 nitrogen and oxygen atoms in total. The predicted octanol–water partition coefficient (Wildman–Crippen LogP) is 4.15. The summed E-state index contributed by atoms with van der Waals surface area (Å²) < 4.78 is 0. The molecular weight excluding hydrogens is 322 g/mol. The predicted molar refractivity (Wildman–Crippen MR) is 103 cm³/mol. The average Bonchev–Trinajstić information content (AvgIpc) is 2.58. The number of ketones is 1. The van der Waals surface area contributed by atoms with Gasteiger partial charge in [-0.3, -0.25) is 4.79 Å². The molecule has 142 valence electrons. The fraction of sp³-hybridized carbons (Fsp3) is 0.773. The van der Waals surface area contributed by atoms with Crippen LogP contribution < -0.4 is 0 Å². The van der Waals surface area contributed by atoms with Gasteiger partial charge < -0.3 is 4.90 Å². The van der Waals surface area contributed by atoms with Crippen LogP contribution >= 0.6 is 0 Å². The first-order valence-electron chi connectivity index (χ1n) is 10.6. The van der Waals surface area contributed by atoms with E-state index in [2.05, 4.69) is 22.9 Å². The van der Waals surface area contributed by atoms with Gasteiger partial charge in [0.1, 0.15) is 11.6 Å². The Kier molecular flexibility index (Phi) is 5.13. The number of carbonyl (C=O) groups is 1. The fourth-order valence-corrected chi connectivity index (χ4v) is 5.46. The summed E-state index contributed by atoms with van der Waals surface area (Å²) in [5.41, 5.74) is 1.80. The number of Topliss-reactive ketones (excluding diaryl/α,β-unsaturated/α-hetero) is 1. The lowest BCUT2D eigenvalue weighted by atomic mass is 9.49. The van der Waals surface area contributed by atoms with E-state index >= 15 is 0 Å². The lowest BCUT2D eigenvalue weighted by Crippen LogP contribution is -2.58. The molecule has 4 heteroatoms. The lowest BCUT2D eigenvalue weighted by molar-refractivity contribution is -0.139. The van der Waals surface area contributed by atoms with E-state index < -0.39 is 0 Å². The molecule has 1 aromatic rings. The maximum absolute atomic E-state index is 11.5. The highest BCUT2D eigenvalue weighted by Gasteiger charge is 2.55. The highest BCUT2D eigenvalue weighted by atomic mass is 16.1. The first-order valence-corrected chi connectivity index (χ1v) is 10.6. The van der Waals surface area contributed by atoms with Crippen molar-refractivity contribution in [1.29, 1.82) is 0 Å². The number of hydrogen-bond donors (Lipinski definition) is 0. The molecule has 3 fully saturated rings. The minimum absolute atomic E-state index is 0.376. The molecule has 1 aliphatic heterocycles. The summed E-state index contributed by atoms with van der Waals surface area (Å²) in [6.07, 6.45) is 12.8. The van der Waals surface area contributed by atoms with Crippen molar-refractivity contribution in [3.05, 3.63) is 23.8 Å². The molecule has 1 saturated heterocycles. The van der Waals surface area contributed by atoms with Crippen molar-refractivity contribution >= 4 is 5.78 Å². The SMILES string of the molecule is CCCCc1nccc(C2CCN(C3CC4(CC(C(C)=O)C4)C3)CC2)n1. The van der Waals surface area contributed by atoms with Gasteiger partial charge in [-0.2, -0.15) is 0 Å². The highest BCUT2D eigenvalue weighted by Crippen LogP contribution is 2.60.